The first-order chi connectivity index (χ1) is 7.10. The minimum Gasteiger partial charge on any atom is -0.496 e. The van der Waals surface area contributed by atoms with E-state index in [2.05, 4.69) is 15.9 Å². The first-order valence-electron chi connectivity index (χ1n) is 4.19. The standard InChI is InChI=1S/C9H12BrN3O2/c1-15-7-3-2-5(10)4-6(7)8(11)9(14)13-12/h2-4,8H,11-12H2,1H3,(H,13,14). The van der Waals surface area contributed by atoms with Gasteiger partial charge >= 0.3 is 0 Å². The second-order valence-corrected chi connectivity index (χ2v) is 3.79. The average Bonchev–Trinajstić information content (AvgIpc) is 2.27. The van der Waals surface area contributed by atoms with Gasteiger partial charge in [-0.15, -0.1) is 0 Å². The number of nitrogens with one attached hydrogen (secondary N) is 1. The third-order valence-corrected chi connectivity index (χ3v) is 2.44. The molecule has 1 rings (SSSR count). The third kappa shape index (κ3) is 2.68. The number of benzene rings is 1. The van der Waals surface area contributed by atoms with Crippen LogP contribution in [0.4, 0.5) is 0 Å². The van der Waals surface area contributed by atoms with Gasteiger partial charge in [-0.1, -0.05) is 15.9 Å². The van der Waals surface area contributed by atoms with Crippen molar-refractivity contribution in [1.82, 2.24) is 5.43 Å². The number of amides is 1. The van der Waals surface area contributed by atoms with Gasteiger partial charge in [0.05, 0.1) is 7.11 Å². The van der Waals surface area contributed by atoms with E-state index in [0.29, 0.717) is 11.3 Å². The molecule has 5 nitrogen and oxygen atoms in total. The summed E-state index contributed by atoms with van der Waals surface area (Å²) in [7, 11) is 1.51. The second kappa shape index (κ2) is 5.11. The van der Waals surface area contributed by atoms with Gasteiger partial charge in [-0.3, -0.25) is 10.2 Å². The molecule has 1 aromatic rings. The number of hydrogen-bond acceptors (Lipinski definition) is 4. The van der Waals surface area contributed by atoms with Crippen LogP contribution >= 0.6 is 15.9 Å². The van der Waals surface area contributed by atoms with Crippen LogP contribution in [-0.4, -0.2) is 13.0 Å². The number of hydrazine groups is 1. The van der Waals surface area contributed by atoms with E-state index in [1.54, 1.807) is 18.2 Å². The van der Waals surface area contributed by atoms with Crippen molar-refractivity contribution < 1.29 is 9.53 Å². The van der Waals surface area contributed by atoms with Gasteiger partial charge in [-0.05, 0) is 18.2 Å². The predicted molar refractivity (Wildman–Crippen MR) is 60.0 cm³/mol. The molecule has 82 valence electrons. The Morgan fingerprint density at radius 3 is 2.80 bits per heavy atom. The highest BCUT2D eigenvalue weighted by Gasteiger charge is 2.18. The molecule has 1 atom stereocenters. The maximum atomic E-state index is 11.3. The molecule has 1 unspecified atom stereocenters. The molecule has 1 aromatic carbocycles. The molecule has 0 fully saturated rings. The van der Waals surface area contributed by atoms with E-state index in [9.17, 15) is 4.79 Å². The van der Waals surface area contributed by atoms with Crippen LogP contribution in [0.25, 0.3) is 0 Å². The highest BCUT2D eigenvalue weighted by Crippen LogP contribution is 2.27. The number of halogens is 1. The quantitative estimate of drug-likeness (QED) is 0.424. The normalized spacial score (nSPS) is 12.0. The van der Waals surface area contributed by atoms with E-state index in [1.165, 1.54) is 7.11 Å². The number of carbonyl (C=O) groups is 1. The van der Waals surface area contributed by atoms with Crippen LogP contribution in [0.15, 0.2) is 22.7 Å². The van der Waals surface area contributed by atoms with Crippen molar-refractivity contribution in [3.63, 3.8) is 0 Å². The van der Waals surface area contributed by atoms with E-state index in [-0.39, 0.29) is 0 Å². The van der Waals surface area contributed by atoms with Gasteiger partial charge in [-0.2, -0.15) is 0 Å². The molecule has 15 heavy (non-hydrogen) atoms. The fraction of sp³-hybridized carbons (Fsp3) is 0.222. The number of ether oxygens (including phenoxy) is 1. The molecule has 0 radical (unpaired) electrons. The summed E-state index contributed by atoms with van der Waals surface area (Å²) in [6.07, 6.45) is 0. The highest BCUT2D eigenvalue weighted by atomic mass is 79.9. The number of rotatable bonds is 3. The van der Waals surface area contributed by atoms with E-state index in [0.717, 1.165) is 4.47 Å². The largest absolute Gasteiger partial charge is 0.496 e. The number of carbonyl (C=O) groups excluding carboxylic acids is 1. The van der Waals surface area contributed by atoms with Crippen LogP contribution in [0, 0.1) is 0 Å². The van der Waals surface area contributed by atoms with Gasteiger partial charge < -0.3 is 10.5 Å². The monoisotopic (exact) mass is 273 g/mol. The van der Waals surface area contributed by atoms with E-state index in [1.807, 2.05) is 5.43 Å². The van der Waals surface area contributed by atoms with Crippen molar-refractivity contribution in [2.75, 3.05) is 7.11 Å². The van der Waals surface area contributed by atoms with E-state index < -0.39 is 11.9 Å². The molecule has 0 aliphatic heterocycles. The Labute approximate surface area is 95.9 Å². The van der Waals surface area contributed by atoms with Crippen LogP contribution in [0.2, 0.25) is 0 Å². The maximum Gasteiger partial charge on any atom is 0.255 e. The molecule has 0 aromatic heterocycles. The van der Waals surface area contributed by atoms with Crippen molar-refractivity contribution in [3.05, 3.63) is 28.2 Å². The first kappa shape index (κ1) is 12.0. The Hall–Kier alpha value is -1.11. The van der Waals surface area contributed by atoms with Crippen LogP contribution in [0.1, 0.15) is 11.6 Å². The predicted octanol–water partition coefficient (Wildman–Crippen LogP) is 0.447. The van der Waals surface area contributed by atoms with Gasteiger partial charge in [0, 0.05) is 10.0 Å². The van der Waals surface area contributed by atoms with Gasteiger partial charge in [-0.25, -0.2) is 5.84 Å². The van der Waals surface area contributed by atoms with Crippen molar-refractivity contribution in [2.24, 2.45) is 11.6 Å². The molecular weight excluding hydrogens is 262 g/mol. The summed E-state index contributed by atoms with van der Waals surface area (Å²) in [5.74, 6) is 5.09. The lowest BCUT2D eigenvalue weighted by Crippen LogP contribution is -2.38. The summed E-state index contributed by atoms with van der Waals surface area (Å²) in [6.45, 7) is 0. The van der Waals surface area contributed by atoms with Gasteiger partial charge in [0.1, 0.15) is 11.8 Å². The molecule has 0 saturated heterocycles. The SMILES string of the molecule is COc1ccc(Br)cc1C(N)C(=O)NN. The van der Waals surface area contributed by atoms with Crippen molar-refractivity contribution in [3.8, 4) is 5.75 Å². The van der Waals surface area contributed by atoms with Crippen molar-refractivity contribution in [1.29, 1.82) is 0 Å². The van der Waals surface area contributed by atoms with Gasteiger partial charge in [0.2, 0.25) is 0 Å². The van der Waals surface area contributed by atoms with Crippen molar-refractivity contribution in [2.45, 2.75) is 6.04 Å². The number of nitrogens with two attached hydrogens (primary N) is 2. The molecule has 0 spiro atoms. The zero-order valence-corrected chi connectivity index (χ0v) is 9.74. The fourth-order valence-corrected chi connectivity index (χ4v) is 1.56. The second-order valence-electron chi connectivity index (χ2n) is 2.87. The van der Waals surface area contributed by atoms with Crippen LogP contribution < -0.4 is 21.7 Å². The zero-order valence-electron chi connectivity index (χ0n) is 8.16. The Morgan fingerprint density at radius 1 is 1.60 bits per heavy atom. The highest BCUT2D eigenvalue weighted by molar-refractivity contribution is 9.10. The lowest BCUT2D eigenvalue weighted by Gasteiger charge is -2.14. The van der Waals surface area contributed by atoms with Crippen LogP contribution in [-0.2, 0) is 4.79 Å². The zero-order chi connectivity index (χ0) is 11.4. The summed E-state index contributed by atoms with van der Waals surface area (Å²) in [6, 6.07) is 4.40. The molecule has 0 heterocycles. The lowest BCUT2D eigenvalue weighted by molar-refractivity contribution is -0.122. The first-order valence-corrected chi connectivity index (χ1v) is 4.99. The molecule has 6 heteroatoms. The molecule has 0 saturated carbocycles. The van der Waals surface area contributed by atoms with Crippen molar-refractivity contribution >= 4 is 21.8 Å². The van der Waals surface area contributed by atoms with E-state index in [4.69, 9.17) is 16.3 Å². The molecule has 5 N–H and O–H groups in total. The van der Waals surface area contributed by atoms with Gasteiger partial charge in [0.25, 0.3) is 5.91 Å². The molecule has 0 aliphatic rings. The summed E-state index contributed by atoms with van der Waals surface area (Å²) in [5, 5.41) is 0. The van der Waals surface area contributed by atoms with Crippen LogP contribution in [0.5, 0.6) is 5.75 Å². The summed E-state index contributed by atoms with van der Waals surface area (Å²) in [5.41, 5.74) is 8.28. The van der Waals surface area contributed by atoms with E-state index >= 15 is 0 Å². The third-order valence-electron chi connectivity index (χ3n) is 1.95. The summed E-state index contributed by atoms with van der Waals surface area (Å²) < 4.78 is 5.91. The summed E-state index contributed by atoms with van der Waals surface area (Å²) >= 11 is 3.29. The Kier molecular flexibility index (Phi) is 4.07. The Bertz CT molecular complexity index is 370. The minimum atomic E-state index is -0.845. The minimum absolute atomic E-state index is 0.466. The summed E-state index contributed by atoms with van der Waals surface area (Å²) in [4.78, 5) is 11.3. The number of methoxy groups -OCH3 is 1. The average molecular weight is 274 g/mol. The molecular formula is C9H12BrN3O2. The van der Waals surface area contributed by atoms with Crippen LogP contribution in [0.3, 0.4) is 0 Å². The smallest absolute Gasteiger partial charge is 0.255 e. The lowest BCUT2D eigenvalue weighted by atomic mass is 10.1. The maximum absolute atomic E-state index is 11.3. The van der Waals surface area contributed by atoms with Gasteiger partial charge in [0.15, 0.2) is 0 Å². The fourth-order valence-electron chi connectivity index (χ4n) is 1.18. The Morgan fingerprint density at radius 2 is 2.27 bits per heavy atom. The molecule has 0 bridgehead atoms. The Balaban J connectivity index is 3.10. The molecule has 0 aliphatic carbocycles. The number of hydrogen-bond donors (Lipinski definition) is 3. The topological polar surface area (TPSA) is 90.4 Å². The molecule has 1 amide bonds.